The molecule has 0 amide bonds. The molecule has 1 aliphatic heterocycles. The van der Waals surface area contributed by atoms with Gasteiger partial charge in [0.15, 0.2) is 5.76 Å². The number of hydrogen-bond acceptors (Lipinski definition) is 7. The van der Waals surface area contributed by atoms with E-state index in [4.69, 9.17) is 20.1 Å². The van der Waals surface area contributed by atoms with Crippen molar-refractivity contribution < 1.29 is 18.3 Å². The third-order valence-corrected chi connectivity index (χ3v) is 4.05. The Morgan fingerprint density at radius 1 is 1.31 bits per heavy atom. The first kappa shape index (κ1) is 15.8. The van der Waals surface area contributed by atoms with Crippen LogP contribution >= 0.6 is 0 Å². The van der Waals surface area contributed by atoms with Crippen molar-refractivity contribution in [1.29, 1.82) is 5.26 Å². The van der Waals surface area contributed by atoms with Crippen molar-refractivity contribution >= 4 is 11.9 Å². The highest BCUT2D eigenvalue weighted by atomic mass is 19.1. The van der Waals surface area contributed by atoms with E-state index < -0.39 is 17.9 Å². The molecular weight excluding hydrogens is 339 g/mol. The SMILES string of the molecule is N#Cc1ccc(CC2OC(=O)c3c(-c4ccco4)nc(N)nc32)c(F)c1. The lowest BCUT2D eigenvalue weighted by Gasteiger charge is -2.11. The molecule has 0 spiro atoms. The molecule has 1 unspecified atom stereocenters. The number of furan rings is 1. The average molecular weight is 350 g/mol. The van der Waals surface area contributed by atoms with Crippen LogP contribution in [0.15, 0.2) is 41.0 Å². The summed E-state index contributed by atoms with van der Waals surface area (Å²) in [7, 11) is 0. The van der Waals surface area contributed by atoms with Gasteiger partial charge >= 0.3 is 5.97 Å². The van der Waals surface area contributed by atoms with Crippen molar-refractivity contribution in [3.8, 4) is 17.5 Å². The lowest BCUT2D eigenvalue weighted by atomic mass is 10.0. The van der Waals surface area contributed by atoms with E-state index in [9.17, 15) is 9.18 Å². The summed E-state index contributed by atoms with van der Waals surface area (Å²) in [5, 5.41) is 8.83. The number of rotatable bonds is 3. The van der Waals surface area contributed by atoms with Gasteiger partial charge in [0.1, 0.15) is 28.9 Å². The van der Waals surface area contributed by atoms with Gasteiger partial charge in [-0.15, -0.1) is 0 Å². The van der Waals surface area contributed by atoms with Gasteiger partial charge < -0.3 is 14.9 Å². The van der Waals surface area contributed by atoms with Crippen LogP contribution in [0.2, 0.25) is 0 Å². The number of hydrogen-bond donors (Lipinski definition) is 1. The zero-order valence-electron chi connectivity index (χ0n) is 13.3. The Morgan fingerprint density at radius 2 is 2.15 bits per heavy atom. The number of anilines is 1. The molecule has 0 aliphatic carbocycles. The number of nitrogens with two attached hydrogens (primary N) is 1. The van der Waals surface area contributed by atoms with E-state index in [1.165, 1.54) is 18.4 Å². The van der Waals surface area contributed by atoms with Crippen LogP contribution in [0.25, 0.3) is 11.5 Å². The summed E-state index contributed by atoms with van der Waals surface area (Å²) in [5.41, 5.74) is 6.96. The minimum Gasteiger partial charge on any atom is -0.463 e. The Morgan fingerprint density at radius 3 is 2.85 bits per heavy atom. The molecule has 1 aliphatic rings. The second kappa shape index (κ2) is 5.97. The van der Waals surface area contributed by atoms with E-state index in [2.05, 4.69) is 9.97 Å². The first-order valence-corrected chi connectivity index (χ1v) is 7.67. The van der Waals surface area contributed by atoms with Gasteiger partial charge in [-0.2, -0.15) is 5.26 Å². The molecule has 1 aromatic carbocycles. The highest BCUT2D eigenvalue weighted by Gasteiger charge is 2.37. The third kappa shape index (κ3) is 2.56. The van der Waals surface area contributed by atoms with Gasteiger partial charge in [0.2, 0.25) is 5.95 Å². The lowest BCUT2D eigenvalue weighted by Crippen LogP contribution is -2.08. The number of fused-ring (bicyclic) bond motifs is 1. The second-order valence-electron chi connectivity index (χ2n) is 5.68. The lowest BCUT2D eigenvalue weighted by molar-refractivity contribution is 0.0381. The molecule has 8 heteroatoms. The van der Waals surface area contributed by atoms with Crippen molar-refractivity contribution in [3.63, 3.8) is 0 Å². The van der Waals surface area contributed by atoms with E-state index in [0.717, 1.165) is 6.07 Å². The minimum atomic E-state index is -0.807. The molecule has 3 aromatic rings. The van der Waals surface area contributed by atoms with Crippen LogP contribution in [-0.2, 0) is 11.2 Å². The van der Waals surface area contributed by atoms with Gasteiger partial charge in [0, 0.05) is 6.42 Å². The van der Waals surface area contributed by atoms with Crippen molar-refractivity contribution in [1.82, 2.24) is 9.97 Å². The largest absolute Gasteiger partial charge is 0.463 e. The molecule has 0 bridgehead atoms. The Hall–Kier alpha value is -3.73. The van der Waals surface area contributed by atoms with E-state index >= 15 is 0 Å². The first-order chi connectivity index (χ1) is 12.6. The summed E-state index contributed by atoms with van der Waals surface area (Å²) in [5.74, 6) is -0.858. The number of nitrogens with zero attached hydrogens (tertiary/aromatic N) is 3. The number of nitrogen functional groups attached to an aromatic ring is 1. The fourth-order valence-electron chi connectivity index (χ4n) is 2.89. The number of carbonyl (C=O) groups excluding carboxylic acids is 1. The van der Waals surface area contributed by atoms with E-state index in [1.54, 1.807) is 12.1 Å². The zero-order valence-corrected chi connectivity index (χ0v) is 13.3. The molecule has 0 fully saturated rings. The topological polar surface area (TPSA) is 115 Å². The average Bonchev–Trinajstić information content (AvgIpc) is 3.25. The molecule has 0 saturated carbocycles. The number of nitriles is 1. The van der Waals surface area contributed by atoms with E-state index in [0.29, 0.717) is 11.3 Å². The predicted molar refractivity (Wildman–Crippen MR) is 87.1 cm³/mol. The highest BCUT2D eigenvalue weighted by Crippen LogP contribution is 2.37. The van der Waals surface area contributed by atoms with Gasteiger partial charge in [-0.1, -0.05) is 6.07 Å². The highest BCUT2D eigenvalue weighted by molar-refractivity contribution is 5.99. The van der Waals surface area contributed by atoms with Gasteiger partial charge in [0.05, 0.1) is 17.9 Å². The molecule has 0 saturated heterocycles. The molecule has 2 N–H and O–H groups in total. The number of benzene rings is 1. The number of esters is 1. The van der Waals surface area contributed by atoms with Gasteiger partial charge in [-0.3, -0.25) is 0 Å². The van der Waals surface area contributed by atoms with Gasteiger partial charge in [0.25, 0.3) is 0 Å². The quantitative estimate of drug-likeness (QED) is 0.722. The Balaban J connectivity index is 1.75. The van der Waals surface area contributed by atoms with Crippen LogP contribution in [0.4, 0.5) is 10.3 Å². The molecule has 3 heterocycles. The van der Waals surface area contributed by atoms with Crippen LogP contribution < -0.4 is 5.73 Å². The summed E-state index contributed by atoms with van der Waals surface area (Å²) in [6, 6.07) is 9.28. The monoisotopic (exact) mass is 350 g/mol. The van der Waals surface area contributed by atoms with Gasteiger partial charge in [-0.05, 0) is 29.8 Å². The Bertz CT molecular complexity index is 1060. The van der Waals surface area contributed by atoms with Crippen LogP contribution in [0.3, 0.4) is 0 Å². The summed E-state index contributed by atoms with van der Waals surface area (Å²) >= 11 is 0. The number of aromatic nitrogens is 2. The molecule has 4 rings (SSSR count). The molecule has 128 valence electrons. The summed E-state index contributed by atoms with van der Waals surface area (Å²) in [4.78, 5) is 20.6. The molecule has 0 radical (unpaired) electrons. The summed E-state index contributed by atoms with van der Waals surface area (Å²) < 4.78 is 24.9. The maximum atomic E-state index is 14.2. The third-order valence-electron chi connectivity index (χ3n) is 4.05. The van der Waals surface area contributed by atoms with E-state index in [-0.39, 0.29) is 34.9 Å². The van der Waals surface area contributed by atoms with Crippen molar-refractivity contribution in [2.45, 2.75) is 12.5 Å². The van der Waals surface area contributed by atoms with Gasteiger partial charge in [-0.25, -0.2) is 19.2 Å². The molecule has 2 aromatic heterocycles. The Labute approximate surface area is 146 Å². The minimum absolute atomic E-state index is 0.0428. The maximum absolute atomic E-state index is 14.2. The fraction of sp³-hybridized carbons (Fsp3) is 0.111. The van der Waals surface area contributed by atoms with Crippen LogP contribution in [0, 0.1) is 17.1 Å². The normalized spacial score (nSPS) is 15.4. The standard InChI is InChI=1S/C18H11FN4O3/c19-11-6-9(8-20)3-4-10(11)7-13-16-14(17(24)26-13)15(22-18(21)23-16)12-2-1-5-25-12/h1-6,13H,7H2,(H2,21,22,23). The maximum Gasteiger partial charge on any atom is 0.343 e. The number of cyclic esters (lactones) is 1. The summed E-state index contributed by atoms with van der Waals surface area (Å²) in [6.45, 7) is 0. The van der Waals surface area contributed by atoms with Crippen LogP contribution in [0.5, 0.6) is 0 Å². The molecule has 1 atom stereocenters. The summed E-state index contributed by atoms with van der Waals surface area (Å²) in [6.07, 6.45) is 0.702. The zero-order chi connectivity index (χ0) is 18.3. The van der Waals surface area contributed by atoms with Crippen LogP contribution in [0.1, 0.15) is 33.3 Å². The predicted octanol–water partition coefficient (Wildman–Crippen LogP) is 2.78. The molecule has 26 heavy (non-hydrogen) atoms. The number of ether oxygens (including phenoxy) is 1. The number of halogens is 1. The van der Waals surface area contributed by atoms with Crippen LogP contribution in [-0.4, -0.2) is 15.9 Å². The Kier molecular flexibility index (Phi) is 3.62. The van der Waals surface area contributed by atoms with Crippen molar-refractivity contribution in [2.75, 3.05) is 5.73 Å². The molecule has 7 nitrogen and oxygen atoms in total. The fourth-order valence-corrected chi connectivity index (χ4v) is 2.89. The van der Waals surface area contributed by atoms with Crippen molar-refractivity contribution in [2.24, 2.45) is 0 Å². The molecular formula is C18H11FN4O3. The van der Waals surface area contributed by atoms with Crippen molar-refractivity contribution in [3.05, 3.63) is 64.8 Å². The second-order valence-corrected chi connectivity index (χ2v) is 5.68. The smallest absolute Gasteiger partial charge is 0.343 e. The number of carbonyl (C=O) groups is 1. The van der Waals surface area contributed by atoms with E-state index in [1.807, 2.05) is 6.07 Å². The first-order valence-electron chi connectivity index (χ1n) is 7.67.